The van der Waals surface area contributed by atoms with Crippen LogP contribution >= 0.6 is 12.4 Å². The summed E-state index contributed by atoms with van der Waals surface area (Å²) in [4.78, 5) is 0.276. The largest absolute Gasteiger partial charge is 0.497 e. The van der Waals surface area contributed by atoms with Crippen LogP contribution in [-0.4, -0.2) is 21.8 Å². The molecule has 0 fully saturated rings. The van der Waals surface area contributed by atoms with Gasteiger partial charge in [-0.15, -0.1) is 12.4 Å². The lowest BCUT2D eigenvalue weighted by Gasteiger charge is -2.16. The Labute approximate surface area is 187 Å². The van der Waals surface area contributed by atoms with Crippen molar-refractivity contribution in [1.82, 2.24) is 0 Å². The number of hydrogen-bond donors (Lipinski definition) is 1. The zero-order valence-corrected chi connectivity index (χ0v) is 18.7. The van der Waals surface area contributed by atoms with Gasteiger partial charge in [-0.1, -0.05) is 18.2 Å². The molecule has 4 aromatic rings. The van der Waals surface area contributed by atoms with Crippen molar-refractivity contribution >= 4 is 38.7 Å². The number of benzene rings is 4. The minimum atomic E-state index is -3.26. The van der Waals surface area contributed by atoms with E-state index in [0.717, 1.165) is 27.6 Å². The van der Waals surface area contributed by atoms with E-state index < -0.39 is 9.84 Å². The highest BCUT2D eigenvalue weighted by atomic mass is 35.5. The molecule has 0 spiro atoms. The molecule has 0 aromatic heterocycles. The van der Waals surface area contributed by atoms with E-state index in [4.69, 9.17) is 15.2 Å². The Kier molecular flexibility index (Phi) is 6.43. The summed E-state index contributed by atoms with van der Waals surface area (Å²) in [6.07, 6.45) is 1.20. The summed E-state index contributed by atoms with van der Waals surface area (Å²) in [6.45, 7) is 0. The highest BCUT2D eigenvalue weighted by Gasteiger charge is 2.14. The number of fused-ring (bicyclic) bond motifs is 1. The zero-order chi connectivity index (χ0) is 21.3. The van der Waals surface area contributed by atoms with Crippen LogP contribution in [0.25, 0.3) is 21.9 Å². The fourth-order valence-corrected chi connectivity index (χ4v) is 3.91. The number of ether oxygens (including phenoxy) is 2. The third-order valence-corrected chi connectivity index (χ3v) is 6.00. The number of nitrogens with two attached hydrogens (primary N) is 1. The molecule has 7 heteroatoms. The molecule has 0 unspecified atom stereocenters. The van der Waals surface area contributed by atoms with Gasteiger partial charge in [0.15, 0.2) is 9.84 Å². The minimum absolute atomic E-state index is 0. The Balaban J connectivity index is 0.00000272. The lowest BCUT2D eigenvalue weighted by atomic mass is 9.99. The summed E-state index contributed by atoms with van der Waals surface area (Å²) in [5.74, 6) is 2.08. The normalized spacial score (nSPS) is 11.0. The molecule has 0 saturated carbocycles. The SMILES string of the molecule is COc1ccc2c(Oc3ccc(N)cc3)c(-c3ccc(S(C)(=O)=O)cc3)ccc2c1.Cl. The summed E-state index contributed by atoms with van der Waals surface area (Å²) in [6, 6.07) is 23.7. The van der Waals surface area contributed by atoms with E-state index in [-0.39, 0.29) is 17.3 Å². The maximum atomic E-state index is 11.8. The number of rotatable bonds is 5. The highest BCUT2D eigenvalue weighted by molar-refractivity contribution is 7.90. The van der Waals surface area contributed by atoms with Gasteiger partial charge in [-0.25, -0.2) is 8.42 Å². The Hall–Kier alpha value is -3.22. The van der Waals surface area contributed by atoms with Gasteiger partial charge in [0.25, 0.3) is 0 Å². The van der Waals surface area contributed by atoms with Crippen molar-refractivity contribution in [2.75, 3.05) is 19.1 Å². The van der Waals surface area contributed by atoms with E-state index in [2.05, 4.69) is 0 Å². The van der Waals surface area contributed by atoms with Crippen LogP contribution in [0.5, 0.6) is 17.2 Å². The van der Waals surface area contributed by atoms with Crippen molar-refractivity contribution in [3.05, 3.63) is 78.9 Å². The first-order chi connectivity index (χ1) is 14.3. The van der Waals surface area contributed by atoms with Crippen LogP contribution in [0.3, 0.4) is 0 Å². The molecule has 0 atom stereocenters. The standard InChI is InChI=1S/C24H21NO4S.ClH/c1-28-20-10-14-23-17(15-20)5-13-22(16-3-11-21(12-4-16)30(2,26)27)24(23)29-19-8-6-18(25)7-9-19;/h3-15H,25H2,1-2H3;1H. The van der Waals surface area contributed by atoms with E-state index in [1.54, 1.807) is 43.5 Å². The first kappa shape index (κ1) is 22.5. The van der Waals surface area contributed by atoms with E-state index in [0.29, 0.717) is 17.2 Å². The van der Waals surface area contributed by atoms with Gasteiger partial charge in [0.1, 0.15) is 17.2 Å². The first-order valence-corrected chi connectivity index (χ1v) is 11.2. The quantitative estimate of drug-likeness (QED) is 0.389. The lowest BCUT2D eigenvalue weighted by Crippen LogP contribution is -1.96. The molecular formula is C24H22ClNO4S. The van der Waals surface area contributed by atoms with Gasteiger partial charge in [-0.3, -0.25) is 0 Å². The van der Waals surface area contributed by atoms with Crippen molar-refractivity contribution < 1.29 is 17.9 Å². The number of anilines is 1. The van der Waals surface area contributed by atoms with Crippen LogP contribution in [0.4, 0.5) is 5.69 Å². The molecule has 0 amide bonds. The van der Waals surface area contributed by atoms with Crippen LogP contribution in [-0.2, 0) is 9.84 Å². The molecule has 0 aliphatic carbocycles. The maximum Gasteiger partial charge on any atom is 0.175 e. The Morgan fingerprint density at radius 2 is 1.45 bits per heavy atom. The van der Waals surface area contributed by atoms with Gasteiger partial charge < -0.3 is 15.2 Å². The van der Waals surface area contributed by atoms with Gasteiger partial charge >= 0.3 is 0 Å². The predicted molar refractivity (Wildman–Crippen MR) is 127 cm³/mol. The number of hydrogen-bond acceptors (Lipinski definition) is 5. The molecule has 0 aliphatic rings. The fourth-order valence-electron chi connectivity index (χ4n) is 3.28. The summed E-state index contributed by atoms with van der Waals surface area (Å²) >= 11 is 0. The number of sulfone groups is 1. The summed E-state index contributed by atoms with van der Waals surface area (Å²) in [5, 5.41) is 1.88. The zero-order valence-electron chi connectivity index (χ0n) is 17.0. The summed E-state index contributed by atoms with van der Waals surface area (Å²) in [5.41, 5.74) is 8.15. The van der Waals surface area contributed by atoms with E-state index >= 15 is 0 Å². The number of halogens is 1. The van der Waals surface area contributed by atoms with E-state index in [9.17, 15) is 8.42 Å². The molecule has 31 heavy (non-hydrogen) atoms. The summed E-state index contributed by atoms with van der Waals surface area (Å²) in [7, 11) is -1.63. The average molecular weight is 456 g/mol. The van der Waals surface area contributed by atoms with Crippen LogP contribution in [0.15, 0.2) is 83.8 Å². The Morgan fingerprint density at radius 3 is 2.06 bits per heavy atom. The van der Waals surface area contributed by atoms with Gasteiger partial charge in [-0.05, 0) is 71.6 Å². The second-order valence-electron chi connectivity index (χ2n) is 7.00. The smallest absolute Gasteiger partial charge is 0.175 e. The molecule has 5 nitrogen and oxygen atoms in total. The van der Waals surface area contributed by atoms with Crippen LogP contribution in [0, 0.1) is 0 Å². The third-order valence-electron chi connectivity index (χ3n) is 4.87. The van der Waals surface area contributed by atoms with Gasteiger partial charge in [0.2, 0.25) is 0 Å². The topological polar surface area (TPSA) is 78.6 Å². The Bertz CT molecular complexity index is 1320. The van der Waals surface area contributed by atoms with Crippen LogP contribution < -0.4 is 15.2 Å². The second kappa shape index (κ2) is 8.88. The van der Waals surface area contributed by atoms with Crippen molar-refractivity contribution in [2.24, 2.45) is 0 Å². The minimum Gasteiger partial charge on any atom is -0.497 e. The fraction of sp³-hybridized carbons (Fsp3) is 0.0833. The molecule has 2 N–H and O–H groups in total. The predicted octanol–water partition coefficient (Wildman–Crippen LogP) is 5.72. The maximum absolute atomic E-state index is 11.8. The van der Waals surface area contributed by atoms with Gasteiger partial charge in [-0.2, -0.15) is 0 Å². The second-order valence-corrected chi connectivity index (χ2v) is 9.01. The number of nitrogen functional groups attached to an aromatic ring is 1. The lowest BCUT2D eigenvalue weighted by molar-refractivity contribution is 0.415. The molecule has 160 valence electrons. The van der Waals surface area contributed by atoms with E-state index in [1.165, 1.54) is 6.26 Å². The molecule has 0 saturated heterocycles. The molecule has 4 aromatic carbocycles. The molecular weight excluding hydrogens is 434 g/mol. The van der Waals surface area contributed by atoms with Crippen LogP contribution in [0.1, 0.15) is 0 Å². The number of methoxy groups -OCH3 is 1. The van der Waals surface area contributed by atoms with Crippen molar-refractivity contribution in [3.63, 3.8) is 0 Å². The molecule has 0 radical (unpaired) electrons. The monoisotopic (exact) mass is 455 g/mol. The highest BCUT2D eigenvalue weighted by Crippen LogP contribution is 2.41. The molecule has 4 rings (SSSR count). The molecule has 0 heterocycles. The van der Waals surface area contributed by atoms with Gasteiger partial charge in [0.05, 0.1) is 12.0 Å². The van der Waals surface area contributed by atoms with Crippen molar-refractivity contribution in [2.45, 2.75) is 4.90 Å². The average Bonchev–Trinajstić information content (AvgIpc) is 2.74. The van der Waals surface area contributed by atoms with Crippen molar-refractivity contribution in [3.8, 4) is 28.4 Å². The first-order valence-electron chi connectivity index (χ1n) is 9.30. The van der Waals surface area contributed by atoms with E-state index in [1.807, 2.05) is 42.5 Å². The van der Waals surface area contributed by atoms with Crippen LogP contribution in [0.2, 0.25) is 0 Å². The molecule has 0 aliphatic heterocycles. The van der Waals surface area contributed by atoms with Gasteiger partial charge in [0, 0.05) is 22.9 Å². The third kappa shape index (κ3) is 4.76. The summed E-state index contributed by atoms with van der Waals surface area (Å²) < 4.78 is 35.2. The molecule has 0 bridgehead atoms. The Morgan fingerprint density at radius 1 is 0.806 bits per heavy atom. The van der Waals surface area contributed by atoms with Crippen molar-refractivity contribution in [1.29, 1.82) is 0 Å².